The smallest absolute Gasteiger partial charge is 0.442 e. The van der Waals surface area contributed by atoms with Crippen LogP contribution in [0.5, 0.6) is 5.75 Å². The van der Waals surface area contributed by atoms with Crippen LogP contribution in [0.25, 0.3) is 22.8 Å². The van der Waals surface area contributed by atoms with Crippen molar-refractivity contribution in [2.45, 2.75) is 18.6 Å². The van der Waals surface area contributed by atoms with Crippen LogP contribution in [0.15, 0.2) is 180 Å². The normalized spacial score (nSPS) is 19.7. The van der Waals surface area contributed by atoms with Crippen molar-refractivity contribution < 1.29 is 4.74 Å². The van der Waals surface area contributed by atoms with E-state index in [1.165, 1.54) is 22.3 Å². The Bertz CT molecular complexity index is 2330. The summed E-state index contributed by atoms with van der Waals surface area (Å²) in [5.41, 5.74) is 10.8. The van der Waals surface area contributed by atoms with Crippen LogP contribution in [-0.4, -0.2) is 32.8 Å². The minimum atomic E-state index is -0.330. The minimum Gasteiger partial charge on any atom is -0.472 e. The van der Waals surface area contributed by atoms with E-state index in [1.54, 1.807) is 0 Å². The summed E-state index contributed by atoms with van der Waals surface area (Å²) < 4.78 is 9.42. The van der Waals surface area contributed by atoms with E-state index in [1.807, 2.05) is 60.7 Å². The van der Waals surface area contributed by atoms with Crippen molar-refractivity contribution in [3.8, 4) is 28.5 Å². The molecule has 49 heavy (non-hydrogen) atoms. The molecule has 0 saturated heterocycles. The van der Waals surface area contributed by atoms with Gasteiger partial charge in [0.2, 0.25) is 11.6 Å². The maximum absolute atomic E-state index is 7.22. The maximum atomic E-state index is 7.22. The summed E-state index contributed by atoms with van der Waals surface area (Å²) in [6, 6.07) is 37.2. The van der Waals surface area contributed by atoms with Crippen LogP contribution in [0, 0.1) is 0 Å². The molecule has 2 atom stereocenters. The van der Waals surface area contributed by atoms with Gasteiger partial charge in [0.15, 0.2) is 17.5 Å². The Hall–Kier alpha value is -6.40. The second-order valence-electron chi connectivity index (χ2n) is 12.6. The van der Waals surface area contributed by atoms with E-state index in [9.17, 15) is 0 Å². The highest BCUT2D eigenvalue weighted by atomic mass is 16.5. The summed E-state index contributed by atoms with van der Waals surface area (Å²) in [5, 5.41) is 0. The molecule has 0 amide bonds. The first kappa shape index (κ1) is 27.7. The Morgan fingerprint density at radius 3 is 2.08 bits per heavy atom. The van der Waals surface area contributed by atoms with E-state index in [2.05, 4.69) is 107 Å². The number of hydrogen-bond acceptors (Lipinski definition) is 5. The van der Waals surface area contributed by atoms with E-state index in [0.29, 0.717) is 17.6 Å². The van der Waals surface area contributed by atoms with Crippen molar-refractivity contribution in [2.75, 3.05) is 4.90 Å². The number of rotatable bonds is 4. The Morgan fingerprint density at radius 1 is 0.653 bits per heavy atom. The number of aromatic nitrogens is 3. The molecule has 232 valence electrons. The standard InChI is InChI=1S/C43H30N5O/c1-4-13-29(14-5-1)41-44-42(30-15-6-2-7-16-30)46-43(45-41)48-37-22-12-21-36-40(37)49-39-34-27-31(24-23-28(34)25-26-38(39)48)33-19-10-11-20-35(33)47(36)32-17-8-3-9-18-32/h1-26,35,39H,27H2/q+1. The van der Waals surface area contributed by atoms with Gasteiger partial charge in [-0.15, -0.1) is 0 Å². The van der Waals surface area contributed by atoms with Gasteiger partial charge >= 0.3 is 5.95 Å². The number of anilines is 2. The second-order valence-corrected chi connectivity index (χ2v) is 12.6. The third-order valence-electron chi connectivity index (χ3n) is 9.77. The molecule has 1 aromatic heterocycles. The van der Waals surface area contributed by atoms with Gasteiger partial charge in [-0.3, -0.25) is 0 Å². The number of hydrogen-bond donors (Lipinski definition) is 0. The van der Waals surface area contributed by atoms with E-state index >= 15 is 0 Å². The molecule has 4 aromatic carbocycles. The van der Waals surface area contributed by atoms with Crippen LogP contribution in [-0.2, 0) is 0 Å². The highest BCUT2D eigenvalue weighted by Crippen LogP contribution is 2.50. The predicted octanol–water partition coefficient (Wildman–Crippen LogP) is 9.01. The second kappa shape index (κ2) is 11.1. The molecule has 6 nitrogen and oxygen atoms in total. The number of benzene rings is 4. The fraction of sp³-hybridized carbons (Fsp3) is 0.0698. The molecule has 0 radical (unpaired) electrons. The van der Waals surface area contributed by atoms with Crippen LogP contribution in [0.3, 0.4) is 0 Å². The van der Waals surface area contributed by atoms with Gasteiger partial charge in [0.25, 0.3) is 0 Å². The first-order valence-corrected chi connectivity index (χ1v) is 16.7. The quantitative estimate of drug-likeness (QED) is 0.185. The Morgan fingerprint density at radius 2 is 1.35 bits per heavy atom. The molecule has 3 heterocycles. The lowest BCUT2D eigenvalue weighted by Gasteiger charge is -2.41. The van der Waals surface area contributed by atoms with Gasteiger partial charge in [-0.1, -0.05) is 103 Å². The molecule has 6 heteroatoms. The SMILES string of the molecule is C1=CC2=C3C=CC4=C(C3)C3Oc5c(cccc5[N+](c5nc(-c6ccccc6)nc(-c6ccccc6)n5)=C3C=C4)N(c3ccccc3)C2C=C1. The highest BCUT2D eigenvalue weighted by Gasteiger charge is 2.43. The summed E-state index contributed by atoms with van der Waals surface area (Å²) in [4.78, 5) is 17.8. The Labute approximate surface area is 284 Å². The van der Waals surface area contributed by atoms with Gasteiger partial charge in [-0.25, -0.2) is 0 Å². The summed E-state index contributed by atoms with van der Waals surface area (Å²) in [7, 11) is 0. The first-order chi connectivity index (χ1) is 24.3. The van der Waals surface area contributed by atoms with Gasteiger partial charge in [0.05, 0.1) is 11.7 Å². The van der Waals surface area contributed by atoms with E-state index in [0.717, 1.165) is 46.1 Å². The van der Waals surface area contributed by atoms with Crippen molar-refractivity contribution in [3.63, 3.8) is 0 Å². The molecule has 5 aliphatic rings. The number of ether oxygens (including phenoxy) is 1. The molecule has 10 rings (SSSR count). The number of para-hydroxylation sites is 2. The number of allylic oxidation sites excluding steroid dienone is 7. The highest BCUT2D eigenvalue weighted by molar-refractivity contribution is 6.08. The van der Waals surface area contributed by atoms with Crippen LogP contribution >= 0.6 is 0 Å². The largest absolute Gasteiger partial charge is 0.472 e. The zero-order chi connectivity index (χ0) is 32.3. The third kappa shape index (κ3) is 4.49. The predicted molar refractivity (Wildman–Crippen MR) is 196 cm³/mol. The average molecular weight is 633 g/mol. The molecule has 3 aliphatic carbocycles. The van der Waals surface area contributed by atoms with Gasteiger partial charge in [-0.2, -0.15) is 9.56 Å². The molecule has 0 fully saturated rings. The Kier molecular flexibility index (Phi) is 6.27. The Balaban J connectivity index is 1.28. The number of nitrogens with zero attached hydrogens (tertiary/aromatic N) is 5. The lowest BCUT2D eigenvalue weighted by molar-refractivity contribution is 0.287. The summed E-state index contributed by atoms with van der Waals surface area (Å²) in [6.07, 6.45) is 18.2. The molecule has 0 spiro atoms. The van der Waals surface area contributed by atoms with Crippen molar-refractivity contribution >= 4 is 28.7 Å². The minimum absolute atomic E-state index is 0.0367. The fourth-order valence-corrected chi connectivity index (χ4v) is 7.50. The van der Waals surface area contributed by atoms with Crippen molar-refractivity contribution in [3.05, 3.63) is 180 Å². The van der Waals surface area contributed by atoms with Gasteiger partial charge in [0.1, 0.15) is 5.71 Å². The molecular formula is C43H30N5O+. The van der Waals surface area contributed by atoms with Crippen LogP contribution < -0.4 is 14.2 Å². The van der Waals surface area contributed by atoms with E-state index < -0.39 is 0 Å². The topological polar surface area (TPSA) is 54.2 Å². The van der Waals surface area contributed by atoms with E-state index in [-0.39, 0.29) is 12.1 Å². The molecule has 0 N–H and O–H groups in total. The van der Waals surface area contributed by atoms with Crippen molar-refractivity contribution in [2.24, 2.45) is 0 Å². The lowest BCUT2D eigenvalue weighted by atomic mass is 9.80. The van der Waals surface area contributed by atoms with Crippen LogP contribution in [0.4, 0.5) is 23.0 Å². The van der Waals surface area contributed by atoms with Crippen molar-refractivity contribution in [1.29, 1.82) is 0 Å². The lowest BCUT2D eigenvalue weighted by Crippen LogP contribution is -2.43. The molecule has 2 unspecified atom stereocenters. The molecule has 5 aromatic rings. The van der Waals surface area contributed by atoms with Gasteiger partial charge in [0, 0.05) is 16.8 Å². The monoisotopic (exact) mass is 632 g/mol. The van der Waals surface area contributed by atoms with E-state index in [4.69, 9.17) is 19.7 Å². The van der Waals surface area contributed by atoms with Gasteiger partial charge < -0.3 is 9.64 Å². The number of fused-ring (bicyclic) bond motifs is 2. The zero-order valence-electron chi connectivity index (χ0n) is 26.5. The molecule has 4 bridgehead atoms. The fourth-order valence-electron chi connectivity index (χ4n) is 7.50. The van der Waals surface area contributed by atoms with Crippen LogP contribution in [0.2, 0.25) is 0 Å². The van der Waals surface area contributed by atoms with Gasteiger partial charge in [-0.05, 0) is 93.3 Å². The summed E-state index contributed by atoms with van der Waals surface area (Å²) >= 11 is 0. The summed E-state index contributed by atoms with van der Waals surface area (Å²) in [5.74, 6) is 2.58. The summed E-state index contributed by atoms with van der Waals surface area (Å²) in [6.45, 7) is 0. The molecule has 2 aliphatic heterocycles. The zero-order valence-corrected chi connectivity index (χ0v) is 26.5. The third-order valence-corrected chi connectivity index (χ3v) is 9.77. The first-order valence-electron chi connectivity index (χ1n) is 16.7. The maximum Gasteiger partial charge on any atom is 0.442 e. The van der Waals surface area contributed by atoms with Crippen LogP contribution in [0.1, 0.15) is 6.42 Å². The molecular weight excluding hydrogens is 603 g/mol. The molecule has 0 saturated carbocycles. The average Bonchev–Trinajstić information content (AvgIpc) is 3.18. The van der Waals surface area contributed by atoms with Crippen molar-refractivity contribution in [1.82, 2.24) is 19.5 Å².